The van der Waals surface area contributed by atoms with Crippen LogP contribution in [0.5, 0.6) is 0 Å². The molecule has 2 N–H and O–H groups in total. The van der Waals surface area contributed by atoms with Crippen LogP contribution in [0, 0.1) is 5.41 Å². The van der Waals surface area contributed by atoms with Crippen LogP contribution in [0.4, 0.5) is 5.82 Å². The molecule has 0 amide bonds. The Bertz CT molecular complexity index is 426. The maximum atomic E-state index is 12.0. The van der Waals surface area contributed by atoms with Gasteiger partial charge in [0.2, 0.25) is 0 Å². The van der Waals surface area contributed by atoms with Crippen LogP contribution < -0.4 is 10.9 Å². The van der Waals surface area contributed by atoms with Crippen molar-refractivity contribution in [2.45, 2.75) is 40.2 Å². The van der Waals surface area contributed by atoms with Crippen molar-refractivity contribution in [1.29, 1.82) is 0 Å². The summed E-state index contributed by atoms with van der Waals surface area (Å²) >= 11 is 0. The van der Waals surface area contributed by atoms with E-state index in [4.69, 9.17) is 5.11 Å². The molecule has 0 saturated heterocycles. The molecule has 0 aliphatic heterocycles. The second-order valence-electron chi connectivity index (χ2n) is 5.27. The smallest absolute Gasteiger partial charge is 0.293 e. The summed E-state index contributed by atoms with van der Waals surface area (Å²) in [6, 6.07) is 0. The van der Waals surface area contributed by atoms with Gasteiger partial charge in [0.15, 0.2) is 5.82 Å². The standard InChI is InChI=1S/C13H23N3O2/c1-4-7-16-8-6-14-11(12(16)18)15-10-13(2,3)5-9-17/h6,8,17H,4-5,7,9-10H2,1-3H3,(H,14,15). The van der Waals surface area contributed by atoms with E-state index in [0.717, 1.165) is 6.42 Å². The number of anilines is 1. The second-order valence-corrected chi connectivity index (χ2v) is 5.27. The Labute approximate surface area is 108 Å². The number of hydrogen-bond donors (Lipinski definition) is 2. The number of nitrogens with one attached hydrogen (secondary N) is 1. The average Bonchev–Trinajstić information content (AvgIpc) is 2.30. The van der Waals surface area contributed by atoms with E-state index in [-0.39, 0.29) is 17.6 Å². The van der Waals surface area contributed by atoms with Crippen LogP contribution in [0.1, 0.15) is 33.6 Å². The Kier molecular flexibility index (Phi) is 5.34. The van der Waals surface area contributed by atoms with Crippen LogP contribution in [-0.2, 0) is 6.54 Å². The zero-order valence-corrected chi connectivity index (χ0v) is 11.4. The molecule has 0 aliphatic rings. The minimum absolute atomic E-state index is 0.0612. The molecule has 0 bridgehead atoms. The molecule has 0 spiro atoms. The van der Waals surface area contributed by atoms with Crippen molar-refractivity contribution in [3.8, 4) is 0 Å². The van der Waals surface area contributed by atoms with Gasteiger partial charge < -0.3 is 15.0 Å². The number of nitrogens with zero attached hydrogens (tertiary/aromatic N) is 2. The maximum Gasteiger partial charge on any atom is 0.293 e. The Morgan fingerprint density at radius 1 is 1.50 bits per heavy atom. The van der Waals surface area contributed by atoms with E-state index >= 15 is 0 Å². The van der Waals surface area contributed by atoms with Gasteiger partial charge in [0.25, 0.3) is 5.56 Å². The van der Waals surface area contributed by atoms with Crippen LogP contribution in [0.3, 0.4) is 0 Å². The highest BCUT2D eigenvalue weighted by atomic mass is 16.3. The van der Waals surface area contributed by atoms with Gasteiger partial charge >= 0.3 is 0 Å². The molecule has 0 atom stereocenters. The lowest BCUT2D eigenvalue weighted by Crippen LogP contribution is -2.30. The van der Waals surface area contributed by atoms with E-state index in [1.165, 1.54) is 0 Å². The Balaban J connectivity index is 2.74. The van der Waals surface area contributed by atoms with Crippen molar-refractivity contribution in [3.05, 3.63) is 22.7 Å². The molecule has 0 aliphatic carbocycles. The number of hydrogen-bond acceptors (Lipinski definition) is 4. The lowest BCUT2D eigenvalue weighted by atomic mass is 9.90. The van der Waals surface area contributed by atoms with E-state index < -0.39 is 0 Å². The monoisotopic (exact) mass is 253 g/mol. The summed E-state index contributed by atoms with van der Waals surface area (Å²) in [4.78, 5) is 16.1. The Hall–Kier alpha value is -1.36. The summed E-state index contributed by atoms with van der Waals surface area (Å²) in [5.41, 5.74) is -0.145. The summed E-state index contributed by atoms with van der Waals surface area (Å²) in [5.74, 6) is 0.386. The van der Waals surface area contributed by atoms with Gasteiger partial charge in [0.1, 0.15) is 0 Å². The zero-order valence-electron chi connectivity index (χ0n) is 11.4. The van der Waals surface area contributed by atoms with Crippen molar-refractivity contribution in [2.24, 2.45) is 5.41 Å². The molecule has 1 aromatic rings. The topological polar surface area (TPSA) is 67.2 Å². The lowest BCUT2D eigenvalue weighted by Gasteiger charge is -2.24. The number of rotatable bonds is 7. The quantitative estimate of drug-likeness (QED) is 0.772. The first-order valence-corrected chi connectivity index (χ1v) is 6.40. The molecular weight excluding hydrogens is 230 g/mol. The number of aryl methyl sites for hydroxylation is 1. The molecule has 18 heavy (non-hydrogen) atoms. The molecule has 0 fully saturated rings. The molecule has 0 saturated carbocycles. The highest BCUT2D eigenvalue weighted by Gasteiger charge is 2.17. The number of aliphatic hydroxyl groups excluding tert-OH is 1. The van der Waals surface area contributed by atoms with Crippen molar-refractivity contribution >= 4 is 5.82 Å². The van der Waals surface area contributed by atoms with E-state index in [9.17, 15) is 4.79 Å². The highest BCUT2D eigenvalue weighted by Crippen LogP contribution is 2.19. The first-order chi connectivity index (χ1) is 8.50. The predicted octanol–water partition coefficient (Wildman–Crippen LogP) is 1.47. The molecule has 1 rings (SSSR count). The first-order valence-electron chi connectivity index (χ1n) is 6.40. The summed E-state index contributed by atoms with van der Waals surface area (Å²) in [6.07, 6.45) is 4.95. The summed E-state index contributed by atoms with van der Waals surface area (Å²) < 4.78 is 1.66. The fourth-order valence-electron chi connectivity index (χ4n) is 1.70. The van der Waals surface area contributed by atoms with Gasteiger partial charge in [-0.3, -0.25) is 4.79 Å². The second kappa shape index (κ2) is 6.54. The van der Waals surface area contributed by atoms with Gasteiger partial charge in [0, 0.05) is 32.1 Å². The molecule has 1 heterocycles. The molecule has 5 heteroatoms. The van der Waals surface area contributed by atoms with Crippen LogP contribution in [-0.4, -0.2) is 27.8 Å². The summed E-state index contributed by atoms with van der Waals surface area (Å²) in [5, 5.41) is 12.0. The van der Waals surface area contributed by atoms with Crippen molar-refractivity contribution in [1.82, 2.24) is 9.55 Å². The number of aliphatic hydroxyl groups is 1. The van der Waals surface area contributed by atoms with Gasteiger partial charge in [0.05, 0.1) is 0 Å². The third-order valence-corrected chi connectivity index (χ3v) is 2.90. The molecule has 5 nitrogen and oxygen atoms in total. The van der Waals surface area contributed by atoms with Crippen LogP contribution in [0.2, 0.25) is 0 Å². The van der Waals surface area contributed by atoms with E-state index in [1.807, 2.05) is 20.8 Å². The first kappa shape index (κ1) is 14.7. The predicted molar refractivity (Wildman–Crippen MR) is 72.8 cm³/mol. The van der Waals surface area contributed by atoms with Crippen LogP contribution in [0.25, 0.3) is 0 Å². The zero-order chi connectivity index (χ0) is 13.6. The van der Waals surface area contributed by atoms with Crippen molar-refractivity contribution in [2.75, 3.05) is 18.5 Å². The van der Waals surface area contributed by atoms with E-state index in [0.29, 0.717) is 25.3 Å². The number of aromatic nitrogens is 2. The molecule has 102 valence electrons. The normalized spacial score (nSPS) is 11.6. The molecular formula is C13H23N3O2. The summed E-state index contributed by atoms with van der Waals surface area (Å²) in [6.45, 7) is 7.59. The van der Waals surface area contributed by atoms with Gasteiger partial charge in [-0.1, -0.05) is 20.8 Å². The molecule has 1 aromatic heterocycles. The van der Waals surface area contributed by atoms with Crippen LogP contribution in [0.15, 0.2) is 17.2 Å². The third-order valence-electron chi connectivity index (χ3n) is 2.90. The minimum Gasteiger partial charge on any atom is -0.396 e. The Morgan fingerprint density at radius 2 is 2.22 bits per heavy atom. The summed E-state index contributed by atoms with van der Waals surface area (Å²) in [7, 11) is 0. The lowest BCUT2D eigenvalue weighted by molar-refractivity contribution is 0.220. The SMILES string of the molecule is CCCn1ccnc(NCC(C)(C)CCO)c1=O. The van der Waals surface area contributed by atoms with E-state index in [1.54, 1.807) is 17.0 Å². The van der Waals surface area contributed by atoms with Gasteiger partial charge in [-0.2, -0.15) is 0 Å². The largest absolute Gasteiger partial charge is 0.396 e. The fraction of sp³-hybridized carbons (Fsp3) is 0.692. The molecule has 0 aromatic carbocycles. The highest BCUT2D eigenvalue weighted by molar-refractivity contribution is 5.31. The van der Waals surface area contributed by atoms with Gasteiger partial charge in [-0.05, 0) is 18.3 Å². The van der Waals surface area contributed by atoms with Crippen molar-refractivity contribution in [3.63, 3.8) is 0 Å². The third kappa shape index (κ3) is 4.14. The van der Waals surface area contributed by atoms with Gasteiger partial charge in [-0.25, -0.2) is 4.98 Å². The van der Waals surface area contributed by atoms with Crippen molar-refractivity contribution < 1.29 is 5.11 Å². The van der Waals surface area contributed by atoms with E-state index in [2.05, 4.69) is 10.3 Å². The average molecular weight is 253 g/mol. The van der Waals surface area contributed by atoms with Crippen LogP contribution >= 0.6 is 0 Å². The Morgan fingerprint density at radius 3 is 2.83 bits per heavy atom. The minimum atomic E-state index is -0.0841. The van der Waals surface area contributed by atoms with Gasteiger partial charge in [-0.15, -0.1) is 0 Å². The maximum absolute atomic E-state index is 12.0. The molecule has 0 radical (unpaired) electrons. The fourth-order valence-corrected chi connectivity index (χ4v) is 1.70. The molecule has 0 unspecified atom stereocenters.